The summed E-state index contributed by atoms with van der Waals surface area (Å²) < 4.78 is 0. The van der Waals surface area contributed by atoms with Crippen LogP contribution in [0.5, 0.6) is 0 Å². The SMILES string of the molecule is O=C(C1=CC=CCC1)C1=CC=CCC1.[Ru]. The van der Waals surface area contributed by atoms with E-state index in [0.717, 1.165) is 36.8 Å². The maximum Gasteiger partial charge on any atom is 0.185 e. The van der Waals surface area contributed by atoms with Gasteiger partial charge in [0.1, 0.15) is 0 Å². The van der Waals surface area contributed by atoms with E-state index >= 15 is 0 Å². The van der Waals surface area contributed by atoms with Crippen LogP contribution in [0.15, 0.2) is 47.6 Å². The molecule has 2 aliphatic rings. The second kappa shape index (κ2) is 5.97. The van der Waals surface area contributed by atoms with Gasteiger partial charge in [0.15, 0.2) is 5.78 Å². The number of carbonyl (C=O) groups is 1. The topological polar surface area (TPSA) is 17.1 Å². The van der Waals surface area contributed by atoms with Crippen molar-refractivity contribution in [3.63, 3.8) is 0 Å². The Bertz CT molecular complexity index is 325. The van der Waals surface area contributed by atoms with Crippen molar-refractivity contribution in [2.45, 2.75) is 25.7 Å². The van der Waals surface area contributed by atoms with Gasteiger partial charge in [0.05, 0.1) is 0 Å². The Balaban J connectivity index is 0.00000112. The Morgan fingerprint density at radius 1 is 0.933 bits per heavy atom. The minimum atomic E-state index is 0. The number of hydrogen-bond donors (Lipinski definition) is 0. The Morgan fingerprint density at radius 2 is 1.40 bits per heavy atom. The standard InChI is InChI=1S/C13H14O.Ru/c14-13(11-7-3-1-4-8-11)12-9-5-2-6-10-12;/h1-3,5,7,9H,4,6,8,10H2;. The molecule has 15 heavy (non-hydrogen) atoms. The van der Waals surface area contributed by atoms with Gasteiger partial charge in [-0.25, -0.2) is 0 Å². The van der Waals surface area contributed by atoms with Crippen LogP contribution in [-0.2, 0) is 24.3 Å². The molecule has 0 aromatic heterocycles. The molecule has 0 amide bonds. The fourth-order valence-electron chi connectivity index (χ4n) is 1.79. The third-order valence-electron chi connectivity index (χ3n) is 2.61. The van der Waals surface area contributed by atoms with E-state index in [4.69, 9.17) is 0 Å². The van der Waals surface area contributed by atoms with Gasteiger partial charge in [-0.05, 0) is 25.7 Å². The van der Waals surface area contributed by atoms with Gasteiger partial charge in [-0.2, -0.15) is 0 Å². The van der Waals surface area contributed by atoms with Crippen molar-refractivity contribution in [1.29, 1.82) is 0 Å². The Morgan fingerprint density at radius 3 is 1.73 bits per heavy atom. The molecule has 0 aromatic carbocycles. The molecule has 0 aromatic rings. The van der Waals surface area contributed by atoms with Crippen molar-refractivity contribution < 1.29 is 24.3 Å². The molecule has 0 unspecified atom stereocenters. The second-order valence-corrected chi connectivity index (χ2v) is 3.65. The van der Waals surface area contributed by atoms with Crippen molar-refractivity contribution in [2.24, 2.45) is 0 Å². The molecule has 0 N–H and O–H groups in total. The van der Waals surface area contributed by atoms with Gasteiger partial charge in [0.2, 0.25) is 0 Å². The van der Waals surface area contributed by atoms with Crippen molar-refractivity contribution in [1.82, 2.24) is 0 Å². The van der Waals surface area contributed by atoms with Crippen molar-refractivity contribution in [3.8, 4) is 0 Å². The van der Waals surface area contributed by atoms with E-state index in [1.54, 1.807) is 0 Å². The number of rotatable bonds is 2. The molecule has 2 heteroatoms. The predicted octanol–water partition coefficient (Wildman–Crippen LogP) is 3.11. The van der Waals surface area contributed by atoms with Gasteiger partial charge in [0.25, 0.3) is 0 Å². The molecule has 0 saturated carbocycles. The van der Waals surface area contributed by atoms with Crippen molar-refractivity contribution in [3.05, 3.63) is 47.6 Å². The van der Waals surface area contributed by atoms with Gasteiger partial charge >= 0.3 is 0 Å². The van der Waals surface area contributed by atoms with E-state index in [0.29, 0.717) is 0 Å². The number of carbonyl (C=O) groups excluding carboxylic acids is 1. The Kier molecular flexibility index (Phi) is 4.91. The molecule has 80 valence electrons. The summed E-state index contributed by atoms with van der Waals surface area (Å²) in [7, 11) is 0. The van der Waals surface area contributed by atoms with Gasteiger partial charge in [0, 0.05) is 30.6 Å². The van der Waals surface area contributed by atoms with E-state index in [-0.39, 0.29) is 25.3 Å². The molecule has 0 bridgehead atoms. The van der Waals surface area contributed by atoms with Gasteiger partial charge in [-0.1, -0.05) is 36.5 Å². The van der Waals surface area contributed by atoms with Crippen LogP contribution in [0.2, 0.25) is 0 Å². The summed E-state index contributed by atoms with van der Waals surface area (Å²) in [6.07, 6.45) is 15.9. The molecule has 0 saturated heterocycles. The number of Topliss-reactive ketones (excluding diaryl/α,β-unsaturated/α-hetero) is 1. The molecular formula is C13H14ORu. The average Bonchev–Trinajstić information content (AvgIpc) is 2.30. The van der Waals surface area contributed by atoms with E-state index in [1.165, 1.54) is 0 Å². The molecule has 0 fully saturated rings. The maximum absolute atomic E-state index is 11.9. The summed E-state index contributed by atoms with van der Waals surface area (Å²) in [4.78, 5) is 11.9. The third kappa shape index (κ3) is 3.10. The van der Waals surface area contributed by atoms with Gasteiger partial charge < -0.3 is 0 Å². The van der Waals surface area contributed by atoms with E-state index in [2.05, 4.69) is 12.2 Å². The van der Waals surface area contributed by atoms with Crippen LogP contribution in [0, 0.1) is 0 Å². The van der Waals surface area contributed by atoms with E-state index in [1.807, 2.05) is 24.3 Å². The van der Waals surface area contributed by atoms with Crippen molar-refractivity contribution >= 4 is 5.78 Å². The first kappa shape index (κ1) is 12.3. The van der Waals surface area contributed by atoms with Crippen LogP contribution in [0.1, 0.15) is 25.7 Å². The van der Waals surface area contributed by atoms with Crippen LogP contribution in [-0.4, -0.2) is 5.78 Å². The molecule has 0 aliphatic heterocycles. The van der Waals surface area contributed by atoms with Crippen LogP contribution in [0.4, 0.5) is 0 Å². The quantitative estimate of drug-likeness (QED) is 0.713. The number of ketones is 1. The molecule has 1 nitrogen and oxygen atoms in total. The summed E-state index contributed by atoms with van der Waals surface area (Å²) >= 11 is 0. The molecule has 0 spiro atoms. The van der Waals surface area contributed by atoms with Crippen molar-refractivity contribution in [2.75, 3.05) is 0 Å². The molecule has 0 heterocycles. The summed E-state index contributed by atoms with van der Waals surface area (Å²) in [6, 6.07) is 0. The molecule has 0 atom stereocenters. The van der Waals surface area contributed by atoms with Gasteiger partial charge in [-0.15, -0.1) is 0 Å². The van der Waals surface area contributed by atoms with E-state index in [9.17, 15) is 4.79 Å². The fraction of sp³-hybridized carbons (Fsp3) is 0.308. The summed E-state index contributed by atoms with van der Waals surface area (Å²) in [6.45, 7) is 0. The first-order valence-corrected chi connectivity index (χ1v) is 5.14. The maximum atomic E-state index is 11.9. The largest absolute Gasteiger partial charge is 0.289 e. The zero-order valence-corrected chi connectivity index (χ0v) is 10.3. The Hall–Kier alpha value is -0.747. The van der Waals surface area contributed by atoms with Crippen LogP contribution < -0.4 is 0 Å². The van der Waals surface area contributed by atoms with Crippen LogP contribution >= 0.6 is 0 Å². The summed E-state index contributed by atoms with van der Waals surface area (Å²) in [5.41, 5.74) is 1.93. The second-order valence-electron chi connectivity index (χ2n) is 3.65. The number of allylic oxidation sites excluding steroid dienone is 8. The minimum Gasteiger partial charge on any atom is -0.289 e. The molecule has 2 rings (SSSR count). The molecule has 2 aliphatic carbocycles. The normalized spacial score (nSPS) is 18.9. The van der Waals surface area contributed by atoms with Crippen LogP contribution in [0.25, 0.3) is 0 Å². The van der Waals surface area contributed by atoms with E-state index < -0.39 is 0 Å². The fourth-order valence-corrected chi connectivity index (χ4v) is 1.79. The zero-order valence-electron chi connectivity index (χ0n) is 8.55. The summed E-state index contributed by atoms with van der Waals surface area (Å²) in [5.74, 6) is 0.249. The monoisotopic (exact) mass is 288 g/mol. The number of hydrogen-bond acceptors (Lipinski definition) is 1. The smallest absolute Gasteiger partial charge is 0.185 e. The third-order valence-corrected chi connectivity index (χ3v) is 2.61. The molecular weight excluding hydrogens is 273 g/mol. The summed E-state index contributed by atoms with van der Waals surface area (Å²) in [5, 5.41) is 0. The zero-order chi connectivity index (χ0) is 9.80. The van der Waals surface area contributed by atoms with Crippen LogP contribution in [0.3, 0.4) is 0 Å². The first-order valence-electron chi connectivity index (χ1n) is 5.14. The Labute approximate surface area is 103 Å². The minimum absolute atomic E-state index is 0. The average molecular weight is 287 g/mol. The first-order chi connectivity index (χ1) is 6.88. The van der Waals surface area contributed by atoms with Gasteiger partial charge in [-0.3, -0.25) is 4.79 Å². The molecule has 0 radical (unpaired) electrons. The predicted molar refractivity (Wildman–Crippen MR) is 57.9 cm³/mol.